The molecular formula is C16H13NO. The van der Waals surface area contributed by atoms with Gasteiger partial charge in [0.1, 0.15) is 11.5 Å². The topological polar surface area (TPSA) is 33.0 Å². The average molecular weight is 235 g/mol. The largest absolute Gasteiger partial charge is 0.457 e. The van der Waals surface area contributed by atoms with E-state index in [2.05, 4.69) is 6.07 Å². The summed E-state index contributed by atoms with van der Waals surface area (Å²) >= 11 is 0. The Kier molecular flexibility index (Phi) is 3.78. The summed E-state index contributed by atoms with van der Waals surface area (Å²) in [5.41, 5.74) is 1.77. The van der Waals surface area contributed by atoms with E-state index in [0.29, 0.717) is 5.56 Å². The minimum atomic E-state index is 0.630. The van der Waals surface area contributed by atoms with Crippen molar-refractivity contribution in [1.82, 2.24) is 0 Å². The maximum absolute atomic E-state index is 8.70. The summed E-state index contributed by atoms with van der Waals surface area (Å²) in [5, 5.41) is 8.70. The number of nitrogens with zero attached hydrogens (tertiary/aromatic N) is 1. The maximum atomic E-state index is 8.70. The molecule has 0 fully saturated rings. The second-order valence-corrected chi connectivity index (χ2v) is 3.81. The fourth-order valence-corrected chi connectivity index (χ4v) is 1.57. The molecule has 0 aromatic heterocycles. The highest BCUT2D eigenvalue weighted by Crippen LogP contribution is 2.22. The third kappa shape index (κ3) is 2.99. The van der Waals surface area contributed by atoms with Gasteiger partial charge in [0.05, 0.1) is 11.6 Å². The van der Waals surface area contributed by atoms with Crippen LogP contribution in [0.3, 0.4) is 0 Å². The van der Waals surface area contributed by atoms with Crippen LogP contribution in [0.4, 0.5) is 0 Å². The van der Waals surface area contributed by atoms with Crippen molar-refractivity contribution in [1.29, 1.82) is 5.26 Å². The van der Waals surface area contributed by atoms with Gasteiger partial charge in [-0.2, -0.15) is 5.26 Å². The molecule has 0 spiro atoms. The number of ether oxygens (including phenoxy) is 1. The van der Waals surface area contributed by atoms with Gasteiger partial charge in [-0.3, -0.25) is 0 Å². The van der Waals surface area contributed by atoms with Crippen LogP contribution in [0.5, 0.6) is 11.5 Å². The van der Waals surface area contributed by atoms with Gasteiger partial charge in [-0.1, -0.05) is 24.3 Å². The zero-order valence-electron chi connectivity index (χ0n) is 10.1. The maximum Gasteiger partial charge on any atom is 0.127 e. The van der Waals surface area contributed by atoms with Gasteiger partial charge >= 0.3 is 0 Å². The molecule has 0 unspecified atom stereocenters. The molecule has 0 radical (unpaired) electrons. The van der Waals surface area contributed by atoms with Crippen LogP contribution in [0.1, 0.15) is 18.1 Å². The van der Waals surface area contributed by atoms with Crippen LogP contribution >= 0.6 is 0 Å². The standard InChI is InChI=1S/C16H13NO/c1-2-3-13-4-8-15(9-5-13)18-16-10-6-14(12-17)7-11-16/h2-11H,1H3. The molecule has 0 amide bonds. The molecule has 0 saturated carbocycles. The van der Waals surface area contributed by atoms with Crippen molar-refractivity contribution in [3.63, 3.8) is 0 Å². The van der Waals surface area contributed by atoms with Crippen molar-refractivity contribution in [3.8, 4) is 17.6 Å². The number of hydrogen-bond donors (Lipinski definition) is 0. The first-order valence-corrected chi connectivity index (χ1v) is 5.72. The molecule has 0 bridgehead atoms. The molecule has 2 nitrogen and oxygen atoms in total. The molecule has 0 heterocycles. The molecule has 0 aliphatic carbocycles. The van der Waals surface area contributed by atoms with Crippen molar-refractivity contribution < 1.29 is 4.74 Å². The number of allylic oxidation sites excluding steroid dienone is 1. The third-order valence-electron chi connectivity index (χ3n) is 2.46. The van der Waals surface area contributed by atoms with Crippen LogP contribution in [0.25, 0.3) is 6.08 Å². The predicted octanol–water partition coefficient (Wildman–Crippen LogP) is 4.38. The van der Waals surface area contributed by atoms with E-state index < -0.39 is 0 Å². The van der Waals surface area contributed by atoms with Crippen LogP contribution in [0, 0.1) is 11.3 Å². The van der Waals surface area contributed by atoms with Gasteiger partial charge in [0.25, 0.3) is 0 Å². The fourth-order valence-electron chi connectivity index (χ4n) is 1.57. The highest BCUT2D eigenvalue weighted by molar-refractivity contribution is 5.50. The van der Waals surface area contributed by atoms with E-state index in [9.17, 15) is 0 Å². The summed E-state index contributed by atoms with van der Waals surface area (Å²) in [6, 6.07) is 17.0. The van der Waals surface area contributed by atoms with E-state index in [0.717, 1.165) is 17.1 Å². The highest BCUT2D eigenvalue weighted by Gasteiger charge is 1.97. The highest BCUT2D eigenvalue weighted by atomic mass is 16.5. The molecule has 0 aliphatic heterocycles. The zero-order chi connectivity index (χ0) is 12.8. The summed E-state index contributed by atoms with van der Waals surface area (Å²) in [7, 11) is 0. The first-order chi connectivity index (χ1) is 8.81. The van der Waals surface area contributed by atoms with E-state index in [4.69, 9.17) is 10.00 Å². The summed E-state index contributed by atoms with van der Waals surface area (Å²) in [6.07, 6.45) is 4.03. The van der Waals surface area contributed by atoms with Crippen LogP contribution in [0.2, 0.25) is 0 Å². The van der Waals surface area contributed by atoms with Gasteiger partial charge < -0.3 is 4.74 Å². The molecule has 18 heavy (non-hydrogen) atoms. The van der Waals surface area contributed by atoms with Crippen LogP contribution in [-0.2, 0) is 0 Å². The first-order valence-electron chi connectivity index (χ1n) is 5.72. The Morgan fingerprint density at radius 2 is 1.50 bits per heavy atom. The number of hydrogen-bond acceptors (Lipinski definition) is 2. The molecule has 2 rings (SSSR count). The Labute approximate surface area is 107 Å². The lowest BCUT2D eigenvalue weighted by Crippen LogP contribution is -1.84. The van der Waals surface area contributed by atoms with Gasteiger partial charge in [-0.05, 0) is 48.9 Å². The minimum Gasteiger partial charge on any atom is -0.457 e. The van der Waals surface area contributed by atoms with E-state index in [1.165, 1.54) is 0 Å². The minimum absolute atomic E-state index is 0.630. The van der Waals surface area contributed by atoms with E-state index in [1.807, 2.05) is 43.3 Å². The molecule has 0 atom stereocenters. The van der Waals surface area contributed by atoms with Gasteiger partial charge in [0.2, 0.25) is 0 Å². The van der Waals surface area contributed by atoms with E-state index >= 15 is 0 Å². The molecule has 2 heteroatoms. The lowest BCUT2D eigenvalue weighted by Gasteiger charge is -2.05. The molecule has 2 aromatic rings. The zero-order valence-corrected chi connectivity index (χ0v) is 10.1. The van der Waals surface area contributed by atoms with Crippen molar-refractivity contribution in [2.45, 2.75) is 6.92 Å². The Bertz CT molecular complexity index is 574. The summed E-state index contributed by atoms with van der Waals surface area (Å²) in [5.74, 6) is 1.51. The summed E-state index contributed by atoms with van der Waals surface area (Å²) in [4.78, 5) is 0. The smallest absolute Gasteiger partial charge is 0.127 e. The van der Waals surface area contributed by atoms with Crippen LogP contribution in [0.15, 0.2) is 54.6 Å². The van der Waals surface area contributed by atoms with Crippen LogP contribution in [-0.4, -0.2) is 0 Å². The molecule has 0 N–H and O–H groups in total. The number of benzene rings is 2. The van der Waals surface area contributed by atoms with Crippen LogP contribution < -0.4 is 4.74 Å². The normalized spacial score (nSPS) is 10.2. The second-order valence-electron chi connectivity index (χ2n) is 3.81. The van der Waals surface area contributed by atoms with Crippen molar-refractivity contribution >= 4 is 6.08 Å². The van der Waals surface area contributed by atoms with Gasteiger partial charge in [-0.15, -0.1) is 0 Å². The predicted molar refractivity (Wildman–Crippen MR) is 72.4 cm³/mol. The van der Waals surface area contributed by atoms with Gasteiger partial charge in [0.15, 0.2) is 0 Å². The Balaban J connectivity index is 2.11. The van der Waals surface area contributed by atoms with Crippen molar-refractivity contribution in [3.05, 3.63) is 65.7 Å². The lowest BCUT2D eigenvalue weighted by molar-refractivity contribution is 0.482. The van der Waals surface area contributed by atoms with E-state index in [-0.39, 0.29) is 0 Å². The molecule has 0 saturated heterocycles. The summed E-state index contributed by atoms with van der Waals surface area (Å²) < 4.78 is 5.68. The number of nitriles is 1. The van der Waals surface area contributed by atoms with Gasteiger partial charge in [-0.25, -0.2) is 0 Å². The SMILES string of the molecule is CC=Cc1ccc(Oc2ccc(C#N)cc2)cc1. The third-order valence-corrected chi connectivity index (χ3v) is 2.46. The van der Waals surface area contributed by atoms with Crippen molar-refractivity contribution in [2.24, 2.45) is 0 Å². The Morgan fingerprint density at radius 3 is 2.00 bits per heavy atom. The number of rotatable bonds is 3. The lowest BCUT2D eigenvalue weighted by atomic mass is 10.2. The molecule has 88 valence electrons. The monoisotopic (exact) mass is 235 g/mol. The second kappa shape index (κ2) is 5.70. The van der Waals surface area contributed by atoms with E-state index in [1.54, 1.807) is 24.3 Å². The molecular weight excluding hydrogens is 222 g/mol. The average Bonchev–Trinajstić information content (AvgIpc) is 2.42. The Hall–Kier alpha value is -2.53. The Morgan fingerprint density at radius 1 is 0.944 bits per heavy atom. The van der Waals surface area contributed by atoms with Gasteiger partial charge in [0, 0.05) is 0 Å². The quantitative estimate of drug-likeness (QED) is 0.790. The van der Waals surface area contributed by atoms with Crippen molar-refractivity contribution in [2.75, 3.05) is 0 Å². The first kappa shape index (κ1) is 11.9. The molecule has 2 aromatic carbocycles. The summed E-state index contributed by atoms with van der Waals surface area (Å²) in [6.45, 7) is 1.99. The fraction of sp³-hybridized carbons (Fsp3) is 0.0625. The molecule has 0 aliphatic rings.